The van der Waals surface area contributed by atoms with E-state index in [-0.39, 0.29) is 13.1 Å². The Hall–Kier alpha value is -1.31. The Morgan fingerprint density at radius 3 is 2.33 bits per heavy atom. The average Bonchev–Trinajstić information content (AvgIpc) is 2.29. The maximum Gasteiger partial charge on any atom is 0.420 e. The summed E-state index contributed by atoms with van der Waals surface area (Å²) in [5.41, 5.74) is 2.24. The van der Waals surface area contributed by atoms with Crippen molar-refractivity contribution in [3.63, 3.8) is 0 Å². The molecule has 1 saturated heterocycles. The maximum absolute atomic E-state index is 12.5. The van der Waals surface area contributed by atoms with Crippen molar-refractivity contribution in [2.75, 3.05) is 13.1 Å². The molecule has 1 aliphatic rings. The first-order chi connectivity index (χ1) is 6.74. The number of amides is 3. The van der Waals surface area contributed by atoms with E-state index in [1.165, 1.54) is 0 Å². The van der Waals surface area contributed by atoms with Gasteiger partial charge in [0.25, 0.3) is 5.91 Å². The van der Waals surface area contributed by atoms with Gasteiger partial charge < -0.3 is 11.1 Å². The number of nitrogens with two attached hydrogens (primary N) is 1. The monoisotopic (exact) mass is 225 g/mol. The van der Waals surface area contributed by atoms with Gasteiger partial charge in [0.15, 0.2) is 0 Å². The van der Waals surface area contributed by atoms with E-state index in [1.54, 1.807) is 5.32 Å². The van der Waals surface area contributed by atoms with Crippen LogP contribution in [0.3, 0.4) is 0 Å². The third-order valence-corrected chi connectivity index (χ3v) is 2.19. The van der Waals surface area contributed by atoms with Crippen LogP contribution >= 0.6 is 0 Å². The highest BCUT2D eigenvalue weighted by molar-refractivity contribution is 6.07. The molecule has 0 aromatic heterocycles. The average molecular weight is 225 g/mol. The van der Waals surface area contributed by atoms with Crippen molar-refractivity contribution in [3.8, 4) is 0 Å². The summed E-state index contributed by atoms with van der Waals surface area (Å²) in [5, 5.41) is 1.61. The summed E-state index contributed by atoms with van der Waals surface area (Å²) in [5.74, 6) is -1.31. The van der Waals surface area contributed by atoms with Crippen LogP contribution in [0, 0.1) is 0 Å². The molecule has 0 aliphatic carbocycles. The molecule has 0 aromatic carbocycles. The van der Waals surface area contributed by atoms with Crippen LogP contribution in [0.5, 0.6) is 0 Å². The van der Waals surface area contributed by atoms with Gasteiger partial charge in [-0.25, -0.2) is 4.79 Å². The summed E-state index contributed by atoms with van der Waals surface area (Å²) in [6.07, 6.45) is -4.82. The highest BCUT2D eigenvalue weighted by Crippen LogP contribution is 2.34. The van der Waals surface area contributed by atoms with E-state index in [9.17, 15) is 22.8 Å². The van der Waals surface area contributed by atoms with Gasteiger partial charge in [-0.2, -0.15) is 13.2 Å². The second kappa shape index (κ2) is 3.37. The lowest BCUT2D eigenvalue weighted by atomic mass is 10.0. The molecule has 5 nitrogen and oxygen atoms in total. The molecule has 1 atom stereocenters. The van der Waals surface area contributed by atoms with Gasteiger partial charge in [-0.1, -0.05) is 0 Å². The van der Waals surface area contributed by atoms with E-state index in [0.717, 1.165) is 0 Å². The van der Waals surface area contributed by atoms with E-state index >= 15 is 0 Å². The van der Waals surface area contributed by atoms with E-state index in [1.807, 2.05) is 0 Å². The molecule has 15 heavy (non-hydrogen) atoms. The Morgan fingerprint density at radius 1 is 1.47 bits per heavy atom. The van der Waals surface area contributed by atoms with Crippen molar-refractivity contribution in [2.24, 2.45) is 5.73 Å². The number of hydrogen-bond acceptors (Lipinski definition) is 3. The Labute approximate surface area is 83.4 Å². The summed E-state index contributed by atoms with van der Waals surface area (Å²) < 4.78 is 37.5. The molecule has 0 aromatic rings. The highest BCUT2D eigenvalue weighted by Gasteiger charge is 2.64. The maximum atomic E-state index is 12.5. The summed E-state index contributed by atoms with van der Waals surface area (Å²) in [6.45, 7) is 0.327. The zero-order chi connectivity index (χ0) is 11.9. The van der Waals surface area contributed by atoms with Crippen LogP contribution in [-0.4, -0.2) is 41.6 Å². The lowest BCUT2D eigenvalue weighted by Gasteiger charge is -2.24. The van der Waals surface area contributed by atoms with Gasteiger partial charge >= 0.3 is 12.2 Å². The molecule has 8 heteroatoms. The number of rotatable bonds is 2. The zero-order valence-corrected chi connectivity index (χ0v) is 7.89. The second-order valence-electron chi connectivity index (χ2n) is 3.30. The number of halogens is 3. The zero-order valence-electron chi connectivity index (χ0n) is 7.89. The fourth-order valence-corrected chi connectivity index (χ4v) is 1.22. The summed E-state index contributed by atoms with van der Waals surface area (Å²) in [7, 11) is 0. The number of urea groups is 1. The van der Waals surface area contributed by atoms with Crippen LogP contribution in [0.4, 0.5) is 18.0 Å². The summed E-state index contributed by atoms with van der Waals surface area (Å²) in [4.78, 5) is 22.9. The number of alkyl halides is 3. The SMILES string of the molecule is CC1(C(F)(F)F)NC(=O)N(CCN)C1=O. The first-order valence-electron chi connectivity index (χ1n) is 4.15. The third kappa shape index (κ3) is 1.65. The molecule has 0 saturated carbocycles. The largest absolute Gasteiger partial charge is 0.420 e. The summed E-state index contributed by atoms with van der Waals surface area (Å²) in [6, 6.07) is -1.06. The predicted octanol–water partition coefficient (Wildman–Crippen LogP) is -0.182. The molecular weight excluding hydrogens is 215 g/mol. The smallest absolute Gasteiger partial charge is 0.329 e. The van der Waals surface area contributed by atoms with Gasteiger partial charge in [-0.3, -0.25) is 9.69 Å². The van der Waals surface area contributed by atoms with Gasteiger partial charge in [0.1, 0.15) is 0 Å². The van der Waals surface area contributed by atoms with Crippen molar-refractivity contribution in [1.82, 2.24) is 10.2 Å². The quantitative estimate of drug-likeness (QED) is 0.640. The minimum atomic E-state index is -4.82. The normalized spacial score (nSPS) is 27.1. The van der Waals surface area contributed by atoms with Crippen LogP contribution in [0.25, 0.3) is 0 Å². The van der Waals surface area contributed by atoms with Crippen molar-refractivity contribution in [2.45, 2.75) is 18.6 Å². The minimum Gasteiger partial charge on any atom is -0.329 e. The molecule has 0 bridgehead atoms. The van der Waals surface area contributed by atoms with Crippen molar-refractivity contribution in [3.05, 3.63) is 0 Å². The molecule has 1 unspecified atom stereocenters. The van der Waals surface area contributed by atoms with Gasteiger partial charge in [0.2, 0.25) is 5.54 Å². The van der Waals surface area contributed by atoms with E-state index < -0.39 is 23.7 Å². The Bertz CT molecular complexity index is 304. The fraction of sp³-hybridized carbons (Fsp3) is 0.714. The van der Waals surface area contributed by atoms with Crippen LogP contribution in [0.2, 0.25) is 0 Å². The molecule has 1 rings (SSSR count). The first kappa shape index (κ1) is 11.8. The molecule has 0 radical (unpaired) electrons. The molecule has 1 fully saturated rings. The molecular formula is C7H10F3N3O2. The number of carbonyl (C=O) groups is 2. The van der Waals surface area contributed by atoms with Crippen LogP contribution in [0.15, 0.2) is 0 Å². The number of nitrogens with zero attached hydrogens (tertiary/aromatic N) is 1. The fourth-order valence-electron chi connectivity index (χ4n) is 1.22. The Balaban J connectivity index is 3.00. The van der Waals surface area contributed by atoms with Gasteiger partial charge in [0, 0.05) is 13.1 Å². The second-order valence-corrected chi connectivity index (χ2v) is 3.30. The Morgan fingerprint density at radius 2 is 2.00 bits per heavy atom. The van der Waals surface area contributed by atoms with E-state index in [4.69, 9.17) is 5.73 Å². The van der Waals surface area contributed by atoms with Crippen molar-refractivity contribution in [1.29, 1.82) is 0 Å². The molecule has 86 valence electrons. The lowest BCUT2D eigenvalue weighted by Crippen LogP contribution is -2.56. The standard InChI is InChI=1S/C7H10F3N3O2/c1-6(7(8,9)10)4(14)13(3-2-11)5(15)12-6/h2-3,11H2,1H3,(H,12,15). The lowest BCUT2D eigenvalue weighted by molar-refractivity contribution is -0.191. The van der Waals surface area contributed by atoms with Crippen LogP contribution < -0.4 is 11.1 Å². The third-order valence-electron chi connectivity index (χ3n) is 2.19. The minimum absolute atomic E-state index is 0.0763. The van der Waals surface area contributed by atoms with Crippen LogP contribution in [0.1, 0.15) is 6.92 Å². The first-order valence-corrected chi connectivity index (χ1v) is 4.15. The number of hydrogen-bond donors (Lipinski definition) is 2. The topological polar surface area (TPSA) is 75.4 Å². The van der Waals surface area contributed by atoms with E-state index in [0.29, 0.717) is 11.8 Å². The molecule has 3 N–H and O–H groups in total. The molecule has 0 spiro atoms. The van der Waals surface area contributed by atoms with Gasteiger partial charge in [0.05, 0.1) is 0 Å². The van der Waals surface area contributed by atoms with Crippen molar-refractivity contribution >= 4 is 11.9 Å². The molecule has 1 heterocycles. The summed E-state index contributed by atoms with van der Waals surface area (Å²) >= 11 is 0. The highest BCUT2D eigenvalue weighted by atomic mass is 19.4. The molecule has 1 aliphatic heterocycles. The number of nitrogens with one attached hydrogen (secondary N) is 1. The van der Waals surface area contributed by atoms with E-state index in [2.05, 4.69) is 0 Å². The Kier molecular flexibility index (Phi) is 2.64. The van der Waals surface area contributed by atoms with Crippen LogP contribution in [-0.2, 0) is 4.79 Å². The molecule has 3 amide bonds. The predicted molar refractivity (Wildman–Crippen MR) is 43.8 cm³/mol. The number of carbonyl (C=O) groups excluding carboxylic acids is 2. The van der Waals surface area contributed by atoms with Gasteiger partial charge in [-0.05, 0) is 6.92 Å². The van der Waals surface area contributed by atoms with Gasteiger partial charge in [-0.15, -0.1) is 0 Å². The van der Waals surface area contributed by atoms with Crippen molar-refractivity contribution < 1.29 is 22.8 Å². The number of imide groups is 1.